The molecule has 1 fully saturated rings. The highest BCUT2D eigenvalue weighted by Crippen LogP contribution is 2.19. The number of amides is 1. The van der Waals surface area contributed by atoms with Crippen LogP contribution >= 0.6 is 0 Å². The zero-order valence-electron chi connectivity index (χ0n) is 15.8. The summed E-state index contributed by atoms with van der Waals surface area (Å²) in [6.07, 6.45) is 1.91. The summed E-state index contributed by atoms with van der Waals surface area (Å²) >= 11 is 0. The number of nitrogens with zero attached hydrogens (tertiary/aromatic N) is 1. The topological polar surface area (TPSA) is 41.6 Å². The van der Waals surface area contributed by atoms with Gasteiger partial charge in [-0.2, -0.15) is 0 Å². The lowest BCUT2D eigenvalue weighted by atomic mass is 9.96. The molecule has 1 N–H and O–H groups in total. The third kappa shape index (κ3) is 5.79. The number of rotatable bonds is 7. The van der Waals surface area contributed by atoms with E-state index in [0.717, 1.165) is 49.4 Å². The third-order valence-corrected chi connectivity index (χ3v) is 4.90. The molecule has 1 aliphatic heterocycles. The van der Waals surface area contributed by atoms with E-state index in [2.05, 4.69) is 10.2 Å². The minimum atomic E-state index is -0.219. The normalized spacial score (nSPS) is 17.5. The highest BCUT2D eigenvalue weighted by molar-refractivity contribution is 5.79. The van der Waals surface area contributed by atoms with E-state index in [0.29, 0.717) is 13.2 Å². The van der Waals surface area contributed by atoms with Gasteiger partial charge < -0.3 is 10.1 Å². The minimum absolute atomic E-state index is 0.00176. The van der Waals surface area contributed by atoms with Gasteiger partial charge in [0.1, 0.15) is 11.6 Å². The number of nitrogens with one attached hydrogen (secondary N) is 1. The first-order valence-corrected chi connectivity index (χ1v) is 9.60. The van der Waals surface area contributed by atoms with Gasteiger partial charge in [0.15, 0.2) is 0 Å². The minimum Gasteiger partial charge on any atom is -0.494 e. The van der Waals surface area contributed by atoms with Crippen molar-refractivity contribution >= 4 is 5.91 Å². The van der Waals surface area contributed by atoms with Crippen molar-refractivity contribution < 1.29 is 13.9 Å². The van der Waals surface area contributed by atoms with Gasteiger partial charge in [-0.15, -0.1) is 0 Å². The van der Waals surface area contributed by atoms with Gasteiger partial charge in [-0.25, -0.2) is 4.39 Å². The van der Waals surface area contributed by atoms with Crippen LogP contribution in [0.15, 0.2) is 48.5 Å². The molecule has 0 aromatic heterocycles. The highest BCUT2D eigenvalue weighted by atomic mass is 19.1. The quantitative estimate of drug-likeness (QED) is 0.807. The number of hydrogen-bond acceptors (Lipinski definition) is 3. The van der Waals surface area contributed by atoms with Gasteiger partial charge in [0.05, 0.1) is 12.5 Å². The van der Waals surface area contributed by atoms with Crippen molar-refractivity contribution in [2.24, 2.45) is 5.92 Å². The Labute approximate surface area is 160 Å². The van der Waals surface area contributed by atoms with E-state index < -0.39 is 0 Å². The molecular formula is C22H27FN2O2. The van der Waals surface area contributed by atoms with Crippen molar-refractivity contribution in [3.63, 3.8) is 0 Å². The second-order valence-corrected chi connectivity index (χ2v) is 7.00. The van der Waals surface area contributed by atoms with E-state index in [1.165, 1.54) is 12.1 Å². The van der Waals surface area contributed by atoms with E-state index >= 15 is 0 Å². The number of piperidine rings is 1. The average Bonchev–Trinajstić information content (AvgIpc) is 2.69. The monoisotopic (exact) mass is 370 g/mol. The molecule has 2 aromatic rings. The summed E-state index contributed by atoms with van der Waals surface area (Å²) in [5.41, 5.74) is 2.14. The molecule has 144 valence electrons. The predicted octanol–water partition coefficient (Wildman–Crippen LogP) is 3.75. The van der Waals surface area contributed by atoms with Crippen molar-refractivity contribution in [1.29, 1.82) is 0 Å². The Morgan fingerprint density at radius 3 is 2.56 bits per heavy atom. The Hall–Kier alpha value is -2.40. The number of ether oxygens (including phenoxy) is 1. The second-order valence-electron chi connectivity index (χ2n) is 7.00. The van der Waals surface area contributed by atoms with Crippen LogP contribution < -0.4 is 10.1 Å². The van der Waals surface area contributed by atoms with E-state index in [-0.39, 0.29) is 17.6 Å². The van der Waals surface area contributed by atoms with Crippen molar-refractivity contribution in [3.05, 3.63) is 65.5 Å². The standard InChI is InChI=1S/C22H27FN2O2/c1-2-27-21-11-7-17(8-12-21)14-24-22(26)19-4-3-13-25(16-19)15-18-5-9-20(23)10-6-18/h5-12,19H,2-4,13-16H2,1H3,(H,24,26). The van der Waals surface area contributed by atoms with Crippen LogP contribution in [0.4, 0.5) is 4.39 Å². The van der Waals surface area contributed by atoms with Crippen molar-refractivity contribution in [2.75, 3.05) is 19.7 Å². The SMILES string of the molecule is CCOc1ccc(CNC(=O)C2CCCN(Cc3ccc(F)cc3)C2)cc1. The van der Waals surface area contributed by atoms with Gasteiger partial charge in [-0.1, -0.05) is 24.3 Å². The number of halogens is 1. The fourth-order valence-corrected chi connectivity index (χ4v) is 3.46. The molecular weight excluding hydrogens is 343 g/mol. The number of hydrogen-bond donors (Lipinski definition) is 1. The Balaban J connectivity index is 1.48. The summed E-state index contributed by atoms with van der Waals surface area (Å²) < 4.78 is 18.5. The average molecular weight is 370 g/mol. The molecule has 0 aliphatic carbocycles. The number of likely N-dealkylation sites (tertiary alicyclic amines) is 1. The molecule has 1 heterocycles. The molecule has 27 heavy (non-hydrogen) atoms. The van der Waals surface area contributed by atoms with E-state index in [1.54, 1.807) is 0 Å². The maximum atomic E-state index is 13.0. The van der Waals surface area contributed by atoms with Crippen LogP contribution in [0.5, 0.6) is 5.75 Å². The largest absolute Gasteiger partial charge is 0.494 e. The first-order chi connectivity index (χ1) is 13.1. The Kier molecular flexibility index (Phi) is 6.82. The van der Waals surface area contributed by atoms with Gasteiger partial charge in [-0.05, 0) is 61.7 Å². The van der Waals surface area contributed by atoms with E-state index in [9.17, 15) is 9.18 Å². The molecule has 1 aliphatic rings. The molecule has 5 heteroatoms. The summed E-state index contributed by atoms with van der Waals surface area (Å²) in [5.74, 6) is 0.731. The number of carbonyl (C=O) groups excluding carboxylic acids is 1. The van der Waals surface area contributed by atoms with Crippen LogP contribution in [0.1, 0.15) is 30.9 Å². The third-order valence-electron chi connectivity index (χ3n) is 4.90. The molecule has 3 rings (SSSR count). The molecule has 0 saturated carbocycles. The van der Waals surface area contributed by atoms with Crippen molar-refractivity contribution in [2.45, 2.75) is 32.9 Å². The van der Waals surface area contributed by atoms with Crippen LogP contribution in [-0.2, 0) is 17.9 Å². The summed E-state index contributed by atoms with van der Waals surface area (Å²) in [7, 11) is 0. The molecule has 2 aromatic carbocycles. The summed E-state index contributed by atoms with van der Waals surface area (Å²) in [6, 6.07) is 14.4. The predicted molar refractivity (Wildman–Crippen MR) is 104 cm³/mol. The van der Waals surface area contributed by atoms with Crippen LogP contribution in [0, 0.1) is 11.7 Å². The van der Waals surface area contributed by atoms with Crippen LogP contribution in [0.2, 0.25) is 0 Å². The Morgan fingerprint density at radius 2 is 1.85 bits per heavy atom. The van der Waals surface area contributed by atoms with Gasteiger partial charge in [0, 0.05) is 19.6 Å². The molecule has 4 nitrogen and oxygen atoms in total. The van der Waals surface area contributed by atoms with Crippen molar-refractivity contribution in [1.82, 2.24) is 10.2 Å². The molecule has 0 bridgehead atoms. The van der Waals surface area contributed by atoms with Gasteiger partial charge in [0.25, 0.3) is 0 Å². The fourth-order valence-electron chi connectivity index (χ4n) is 3.46. The van der Waals surface area contributed by atoms with Gasteiger partial charge >= 0.3 is 0 Å². The zero-order valence-corrected chi connectivity index (χ0v) is 15.8. The highest BCUT2D eigenvalue weighted by Gasteiger charge is 2.25. The summed E-state index contributed by atoms with van der Waals surface area (Å²) in [4.78, 5) is 14.8. The lowest BCUT2D eigenvalue weighted by Crippen LogP contribution is -2.42. The maximum Gasteiger partial charge on any atom is 0.224 e. The van der Waals surface area contributed by atoms with Crippen LogP contribution in [-0.4, -0.2) is 30.5 Å². The summed E-state index contributed by atoms with van der Waals surface area (Å²) in [6.45, 7) is 5.60. The fraction of sp³-hybridized carbons (Fsp3) is 0.409. The summed E-state index contributed by atoms with van der Waals surface area (Å²) in [5, 5.41) is 3.06. The first kappa shape index (κ1) is 19.4. The van der Waals surface area contributed by atoms with Gasteiger partial charge in [0.2, 0.25) is 5.91 Å². The van der Waals surface area contributed by atoms with E-state index in [4.69, 9.17) is 4.74 Å². The van der Waals surface area contributed by atoms with Crippen molar-refractivity contribution in [3.8, 4) is 5.75 Å². The maximum absolute atomic E-state index is 13.0. The lowest BCUT2D eigenvalue weighted by molar-refractivity contribution is -0.126. The number of benzene rings is 2. The lowest BCUT2D eigenvalue weighted by Gasteiger charge is -2.32. The molecule has 1 unspecified atom stereocenters. The van der Waals surface area contributed by atoms with E-state index in [1.807, 2.05) is 43.3 Å². The smallest absolute Gasteiger partial charge is 0.224 e. The first-order valence-electron chi connectivity index (χ1n) is 9.60. The Morgan fingerprint density at radius 1 is 1.15 bits per heavy atom. The van der Waals surface area contributed by atoms with Crippen LogP contribution in [0.25, 0.3) is 0 Å². The molecule has 1 atom stereocenters. The molecule has 1 saturated heterocycles. The second kappa shape index (κ2) is 9.51. The van der Waals surface area contributed by atoms with Crippen LogP contribution in [0.3, 0.4) is 0 Å². The Bertz CT molecular complexity index is 731. The number of carbonyl (C=O) groups is 1. The van der Waals surface area contributed by atoms with Gasteiger partial charge in [-0.3, -0.25) is 9.69 Å². The molecule has 0 radical (unpaired) electrons. The molecule has 0 spiro atoms. The molecule has 1 amide bonds. The zero-order chi connectivity index (χ0) is 19.1.